The van der Waals surface area contributed by atoms with E-state index in [1.165, 1.54) is 5.56 Å². The van der Waals surface area contributed by atoms with Gasteiger partial charge in [0.05, 0.1) is 12.3 Å². The zero-order valence-electron chi connectivity index (χ0n) is 18.3. The second-order valence-corrected chi connectivity index (χ2v) is 7.48. The highest BCUT2D eigenvalue weighted by atomic mass is 16.5. The summed E-state index contributed by atoms with van der Waals surface area (Å²) in [5.74, 6) is 1.39. The summed E-state index contributed by atoms with van der Waals surface area (Å²) in [5, 5.41) is 3.35. The van der Waals surface area contributed by atoms with E-state index in [0.717, 1.165) is 47.9 Å². The van der Waals surface area contributed by atoms with Crippen molar-refractivity contribution >= 4 is 11.6 Å². The van der Waals surface area contributed by atoms with Crippen LogP contribution in [0.15, 0.2) is 79.9 Å². The van der Waals surface area contributed by atoms with Gasteiger partial charge >= 0.3 is 0 Å². The van der Waals surface area contributed by atoms with Gasteiger partial charge < -0.3 is 10.1 Å². The van der Waals surface area contributed by atoms with E-state index in [4.69, 9.17) is 9.72 Å². The minimum absolute atomic E-state index is 0.574. The van der Waals surface area contributed by atoms with Crippen LogP contribution in [0.25, 0.3) is 11.3 Å². The Hall–Kier alpha value is -3.44. The summed E-state index contributed by atoms with van der Waals surface area (Å²) in [4.78, 5) is 11.5. The van der Waals surface area contributed by atoms with Gasteiger partial charge in [-0.2, -0.15) is 0 Å². The maximum Gasteiger partial charge on any atom is 0.227 e. The molecular weight excluding hydrogens is 384 g/mol. The molecule has 0 bridgehead atoms. The van der Waals surface area contributed by atoms with Crippen LogP contribution in [0.2, 0.25) is 0 Å². The van der Waals surface area contributed by atoms with Crippen LogP contribution < -0.4 is 10.1 Å². The minimum Gasteiger partial charge on any atom is -0.493 e. The van der Waals surface area contributed by atoms with Gasteiger partial charge in [-0.05, 0) is 56.3 Å². The number of rotatable bonds is 11. The number of aromatic nitrogens is 2. The summed E-state index contributed by atoms with van der Waals surface area (Å²) < 4.78 is 5.79. The lowest BCUT2D eigenvalue weighted by Crippen LogP contribution is -2.17. The highest BCUT2D eigenvalue weighted by Crippen LogP contribution is 2.25. The van der Waals surface area contributed by atoms with Crippen LogP contribution in [0.3, 0.4) is 0 Å². The van der Waals surface area contributed by atoms with Crippen molar-refractivity contribution in [3.8, 4) is 17.0 Å². The third-order valence-electron chi connectivity index (χ3n) is 4.65. The van der Waals surface area contributed by atoms with Gasteiger partial charge in [-0.1, -0.05) is 36.4 Å². The molecule has 5 heteroatoms. The summed E-state index contributed by atoms with van der Waals surface area (Å²) in [6.07, 6.45) is 4.57. The van der Waals surface area contributed by atoms with Crippen LogP contribution in [-0.2, 0) is 6.54 Å². The maximum atomic E-state index is 5.79. The number of nitrogens with zero attached hydrogens (tertiary/aromatic N) is 3. The molecule has 0 aliphatic rings. The SMILES string of the molecule is C=CCCOc1cccc(-c2cc(C)nc(Nc3cccc(CN(C)CC=C)c3)n2)c1. The van der Waals surface area contributed by atoms with Crippen molar-refractivity contribution in [1.82, 2.24) is 14.9 Å². The Labute approximate surface area is 185 Å². The van der Waals surface area contributed by atoms with Crippen LogP contribution in [-0.4, -0.2) is 35.1 Å². The topological polar surface area (TPSA) is 50.3 Å². The number of hydrogen-bond acceptors (Lipinski definition) is 5. The van der Waals surface area contributed by atoms with Gasteiger partial charge in [0.1, 0.15) is 5.75 Å². The average molecular weight is 415 g/mol. The molecule has 5 nitrogen and oxygen atoms in total. The zero-order valence-corrected chi connectivity index (χ0v) is 18.3. The van der Waals surface area contributed by atoms with Crippen molar-refractivity contribution < 1.29 is 4.74 Å². The normalized spacial score (nSPS) is 10.7. The fourth-order valence-corrected chi connectivity index (χ4v) is 3.25. The molecule has 0 atom stereocenters. The Bertz CT molecular complexity index is 1030. The quantitative estimate of drug-likeness (QED) is 0.319. The van der Waals surface area contributed by atoms with E-state index in [0.29, 0.717) is 12.6 Å². The summed E-state index contributed by atoms with van der Waals surface area (Å²) in [6.45, 7) is 11.8. The number of nitrogens with one attached hydrogen (secondary N) is 1. The number of aryl methyl sites for hydroxylation is 1. The fraction of sp³-hybridized carbons (Fsp3) is 0.231. The molecular formula is C26H30N4O. The van der Waals surface area contributed by atoms with E-state index in [2.05, 4.69) is 47.5 Å². The van der Waals surface area contributed by atoms with Crippen molar-refractivity contribution in [2.75, 3.05) is 25.5 Å². The molecule has 0 aliphatic heterocycles. The molecule has 3 rings (SSSR count). The molecule has 1 aromatic heterocycles. The summed E-state index contributed by atoms with van der Waals surface area (Å²) in [7, 11) is 2.08. The van der Waals surface area contributed by atoms with Crippen molar-refractivity contribution in [2.45, 2.75) is 19.9 Å². The maximum absolute atomic E-state index is 5.79. The third-order valence-corrected chi connectivity index (χ3v) is 4.65. The van der Waals surface area contributed by atoms with Crippen molar-refractivity contribution in [3.05, 3.63) is 91.2 Å². The molecule has 0 amide bonds. The molecule has 31 heavy (non-hydrogen) atoms. The second kappa shape index (κ2) is 11.1. The number of anilines is 2. The first-order valence-corrected chi connectivity index (χ1v) is 10.4. The van der Waals surface area contributed by atoms with Crippen LogP contribution in [0.4, 0.5) is 11.6 Å². The first-order chi connectivity index (χ1) is 15.1. The van der Waals surface area contributed by atoms with Crippen molar-refractivity contribution in [3.63, 3.8) is 0 Å². The number of hydrogen-bond donors (Lipinski definition) is 1. The number of benzene rings is 2. The van der Waals surface area contributed by atoms with Gasteiger partial charge in [0.25, 0.3) is 0 Å². The zero-order chi connectivity index (χ0) is 22.1. The molecule has 1 heterocycles. The summed E-state index contributed by atoms with van der Waals surface area (Å²) in [5.41, 5.74) is 4.91. The smallest absolute Gasteiger partial charge is 0.227 e. The molecule has 1 N–H and O–H groups in total. The third kappa shape index (κ3) is 6.79. The Morgan fingerprint density at radius 3 is 2.68 bits per heavy atom. The van der Waals surface area contributed by atoms with Gasteiger partial charge in [0, 0.05) is 30.0 Å². The molecule has 0 radical (unpaired) electrons. The van der Waals surface area contributed by atoms with Crippen LogP contribution in [0.1, 0.15) is 17.7 Å². The summed E-state index contributed by atoms with van der Waals surface area (Å²) >= 11 is 0. The average Bonchev–Trinajstić information content (AvgIpc) is 2.74. The van der Waals surface area contributed by atoms with Crippen LogP contribution in [0, 0.1) is 6.92 Å². The van der Waals surface area contributed by atoms with Gasteiger partial charge in [0.2, 0.25) is 5.95 Å². The first kappa shape index (κ1) is 22.2. The standard InChI is InChI=1S/C26H30N4O/c1-5-7-15-31-24-13-9-11-22(18-24)25-16-20(3)27-26(29-25)28-23-12-8-10-21(17-23)19-30(4)14-6-2/h5-6,8-13,16-18H,1-2,7,14-15,19H2,3-4H3,(H,27,28,29). The van der Waals surface area contributed by atoms with E-state index >= 15 is 0 Å². The van der Waals surface area contributed by atoms with Gasteiger partial charge in [0.15, 0.2) is 0 Å². The number of likely N-dealkylation sites (N-methyl/N-ethyl adjacent to an activating group) is 1. The molecule has 0 saturated carbocycles. The van der Waals surface area contributed by atoms with E-state index in [1.54, 1.807) is 0 Å². The Morgan fingerprint density at radius 1 is 1.03 bits per heavy atom. The van der Waals surface area contributed by atoms with Crippen LogP contribution in [0.5, 0.6) is 5.75 Å². The molecule has 0 aliphatic carbocycles. The van der Waals surface area contributed by atoms with Crippen molar-refractivity contribution in [1.29, 1.82) is 0 Å². The fourth-order valence-electron chi connectivity index (χ4n) is 3.25. The predicted octanol–water partition coefficient (Wildman–Crippen LogP) is 5.77. The second-order valence-electron chi connectivity index (χ2n) is 7.48. The molecule has 0 fully saturated rings. The minimum atomic E-state index is 0.574. The number of ether oxygens (including phenoxy) is 1. The Kier molecular flexibility index (Phi) is 7.96. The molecule has 3 aromatic rings. The van der Waals surface area contributed by atoms with Crippen molar-refractivity contribution in [2.24, 2.45) is 0 Å². The lowest BCUT2D eigenvalue weighted by atomic mass is 10.1. The lowest BCUT2D eigenvalue weighted by Gasteiger charge is -2.15. The highest BCUT2D eigenvalue weighted by molar-refractivity contribution is 5.64. The monoisotopic (exact) mass is 414 g/mol. The van der Waals surface area contributed by atoms with E-state index < -0.39 is 0 Å². The molecule has 0 saturated heterocycles. The van der Waals surface area contributed by atoms with E-state index in [9.17, 15) is 0 Å². The molecule has 2 aromatic carbocycles. The van der Waals surface area contributed by atoms with Gasteiger partial charge in [-0.25, -0.2) is 9.97 Å². The molecule has 0 spiro atoms. The first-order valence-electron chi connectivity index (χ1n) is 10.4. The van der Waals surface area contributed by atoms with Gasteiger partial charge in [-0.3, -0.25) is 4.90 Å². The van der Waals surface area contributed by atoms with Crippen LogP contribution >= 0.6 is 0 Å². The summed E-state index contributed by atoms with van der Waals surface area (Å²) in [6, 6.07) is 18.3. The largest absolute Gasteiger partial charge is 0.493 e. The molecule has 0 unspecified atom stereocenters. The van der Waals surface area contributed by atoms with Gasteiger partial charge in [-0.15, -0.1) is 13.2 Å². The van der Waals surface area contributed by atoms with E-state index in [-0.39, 0.29) is 0 Å². The highest BCUT2D eigenvalue weighted by Gasteiger charge is 2.08. The Balaban J connectivity index is 1.78. The Morgan fingerprint density at radius 2 is 1.87 bits per heavy atom. The molecule has 160 valence electrons. The lowest BCUT2D eigenvalue weighted by molar-refractivity contribution is 0.325. The van der Waals surface area contributed by atoms with E-state index in [1.807, 2.05) is 61.5 Å². The predicted molar refractivity (Wildman–Crippen MR) is 129 cm³/mol.